The molecule has 4 atom stereocenters. The lowest BCUT2D eigenvalue weighted by molar-refractivity contribution is -0.306. The summed E-state index contributed by atoms with van der Waals surface area (Å²) in [6, 6.07) is 15.9. The summed E-state index contributed by atoms with van der Waals surface area (Å²) < 4.78 is 27.3. The third kappa shape index (κ3) is 3.18. The predicted molar refractivity (Wildman–Crippen MR) is 141 cm³/mol. The van der Waals surface area contributed by atoms with Gasteiger partial charge in [-0.05, 0) is 81.0 Å². The van der Waals surface area contributed by atoms with Crippen LogP contribution in [0.3, 0.4) is 0 Å². The molecule has 2 bridgehead atoms. The molecule has 2 spiro atoms. The third-order valence-corrected chi connectivity index (χ3v) is 10.5. The van der Waals surface area contributed by atoms with Gasteiger partial charge in [-0.2, -0.15) is 0 Å². The maximum atomic E-state index is 7.36. The fourth-order valence-electron chi connectivity index (χ4n) is 8.79. The van der Waals surface area contributed by atoms with Crippen LogP contribution in [0, 0.1) is 12.8 Å². The van der Waals surface area contributed by atoms with Crippen LogP contribution in [0.15, 0.2) is 42.5 Å². The first-order valence-corrected chi connectivity index (χ1v) is 14.6. The lowest BCUT2D eigenvalue weighted by atomic mass is 9.47. The lowest BCUT2D eigenvalue weighted by Crippen LogP contribution is -2.80. The molecule has 1 unspecified atom stereocenters. The topological polar surface area (TPSA) is 40.2 Å². The van der Waals surface area contributed by atoms with E-state index in [1.54, 1.807) is 0 Å². The molecule has 2 saturated heterocycles. The molecule has 2 aromatic rings. The van der Waals surface area contributed by atoms with E-state index in [0.717, 1.165) is 63.3 Å². The van der Waals surface area contributed by atoms with Crippen LogP contribution < -0.4 is 4.74 Å². The number of piperidine rings is 1. The van der Waals surface area contributed by atoms with E-state index in [9.17, 15) is 0 Å². The molecule has 3 heterocycles. The Morgan fingerprint density at radius 3 is 2.65 bits per heavy atom. The minimum atomic E-state index is -0.653. The second-order valence-electron chi connectivity index (χ2n) is 12.5. The Morgan fingerprint density at radius 2 is 1.84 bits per heavy atom. The van der Waals surface area contributed by atoms with Crippen molar-refractivity contribution in [1.29, 1.82) is 0 Å². The molecule has 6 aliphatic rings. The Bertz CT molecular complexity index is 1190. The molecule has 3 aliphatic heterocycles. The number of likely N-dealkylation sites (tertiary alicyclic amines) is 1. The minimum Gasteiger partial charge on any atom is -0.483 e. The summed E-state index contributed by atoms with van der Waals surface area (Å²) in [6.45, 7) is 6.61. The lowest BCUT2D eigenvalue weighted by Gasteiger charge is -2.67. The van der Waals surface area contributed by atoms with Crippen LogP contribution in [-0.4, -0.2) is 61.3 Å². The molecule has 5 nitrogen and oxygen atoms in total. The Kier molecular flexibility index (Phi) is 5.15. The summed E-state index contributed by atoms with van der Waals surface area (Å²) in [5.74, 6) is 1.31. The Labute approximate surface area is 220 Å². The molecule has 8 rings (SSSR count). The van der Waals surface area contributed by atoms with Crippen molar-refractivity contribution in [2.24, 2.45) is 5.92 Å². The van der Waals surface area contributed by atoms with Gasteiger partial charge < -0.3 is 18.9 Å². The molecule has 0 N–H and O–H groups in total. The zero-order valence-electron chi connectivity index (χ0n) is 22.0. The molecule has 0 aromatic heterocycles. The average molecular weight is 502 g/mol. The van der Waals surface area contributed by atoms with Crippen LogP contribution in [0.4, 0.5) is 0 Å². The van der Waals surface area contributed by atoms with Gasteiger partial charge in [0.2, 0.25) is 5.79 Å². The van der Waals surface area contributed by atoms with E-state index in [4.69, 9.17) is 18.9 Å². The first-order chi connectivity index (χ1) is 18.2. The summed E-state index contributed by atoms with van der Waals surface area (Å²) >= 11 is 0. The number of fused-ring (bicyclic) bond motifs is 1. The zero-order valence-corrected chi connectivity index (χ0v) is 22.0. The smallest absolute Gasteiger partial charge is 0.207 e. The fourth-order valence-corrected chi connectivity index (χ4v) is 8.79. The molecule has 0 amide bonds. The second-order valence-corrected chi connectivity index (χ2v) is 12.5. The Balaban J connectivity index is 1.22. The SMILES string of the molecule is Cc1ccc2c3c1O[C@H]1C4(CC[C@@]5(OCCCc6ccccc6)C(C2)N(CC2CC2)CC[C@]315)OCCO4. The van der Waals surface area contributed by atoms with E-state index < -0.39 is 5.79 Å². The standard InChI is InChI=1S/C32H39NO4/c1-22-9-12-25-20-26-31(34-17-5-8-23-6-3-2-4-7-23)13-14-32(35-18-19-36-32)29-30(31,27(25)28(22)37-29)15-16-33(26)21-24-10-11-24/h2-4,6-7,9,12,24,26,29H,5,8,10-11,13-21H2,1H3/t26?,29-,30+,31-/m1/s1. The third-order valence-electron chi connectivity index (χ3n) is 10.5. The van der Waals surface area contributed by atoms with Gasteiger partial charge in [0.25, 0.3) is 0 Å². The van der Waals surface area contributed by atoms with E-state index in [-0.39, 0.29) is 17.1 Å². The van der Waals surface area contributed by atoms with Gasteiger partial charge in [0.1, 0.15) is 5.75 Å². The van der Waals surface area contributed by atoms with Crippen molar-refractivity contribution in [2.75, 3.05) is 32.9 Å². The normalized spacial score (nSPS) is 34.9. The van der Waals surface area contributed by atoms with Crippen molar-refractivity contribution >= 4 is 0 Å². The van der Waals surface area contributed by atoms with Gasteiger partial charge in [-0.15, -0.1) is 0 Å². The van der Waals surface area contributed by atoms with Gasteiger partial charge in [-0.1, -0.05) is 42.5 Å². The summed E-state index contributed by atoms with van der Waals surface area (Å²) in [7, 11) is 0. The maximum absolute atomic E-state index is 7.36. The highest BCUT2D eigenvalue weighted by atomic mass is 16.8. The van der Waals surface area contributed by atoms with Crippen LogP contribution >= 0.6 is 0 Å². The summed E-state index contributed by atoms with van der Waals surface area (Å²) in [6.07, 6.45) is 8.63. The highest BCUT2D eigenvalue weighted by Gasteiger charge is 2.78. The van der Waals surface area contributed by atoms with Crippen LogP contribution in [0.1, 0.15) is 60.8 Å². The average Bonchev–Trinajstić information content (AvgIpc) is 3.48. The van der Waals surface area contributed by atoms with Crippen molar-refractivity contribution < 1.29 is 18.9 Å². The molecule has 196 valence electrons. The van der Waals surface area contributed by atoms with Gasteiger partial charge in [0, 0.05) is 31.2 Å². The number of ether oxygens (including phenoxy) is 4. The number of hydrogen-bond acceptors (Lipinski definition) is 5. The molecule has 5 heteroatoms. The first kappa shape index (κ1) is 23.0. The van der Waals surface area contributed by atoms with E-state index in [0.29, 0.717) is 19.3 Å². The highest BCUT2D eigenvalue weighted by molar-refractivity contribution is 5.61. The van der Waals surface area contributed by atoms with Gasteiger partial charge in [0.15, 0.2) is 6.10 Å². The number of hydrogen-bond donors (Lipinski definition) is 0. The maximum Gasteiger partial charge on any atom is 0.207 e. The van der Waals surface area contributed by atoms with Gasteiger partial charge in [-0.25, -0.2) is 0 Å². The van der Waals surface area contributed by atoms with Crippen LogP contribution in [0.2, 0.25) is 0 Å². The van der Waals surface area contributed by atoms with Gasteiger partial charge >= 0.3 is 0 Å². The van der Waals surface area contributed by atoms with Gasteiger partial charge in [-0.3, -0.25) is 4.90 Å². The minimum absolute atomic E-state index is 0.147. The molecule has 2 saturated carbocycles. The number of nitrogens with zero attached hydrogens (tertiary/aromatic N) is 1. The van der Waals surface area contributed by atoms with Crippen molar-refractivity contribution in [3.8, 4) is 5.75 Å². The monoisotopic (exact) mass is 501 g/mol. The first-order valence-electron chi connectivity index (χ1n) is 14.6. The van der Waals surface area contributed by atoms with Crippen LogP contribution in [0.5, 0.6) is 5.75 Å². The van der Waals surface area contributed by atoms with Crippen LogP contribution in [-0.2, 0) is 32.5 Å². The molecular weight excluding hydrogens is 462 g/mol. The Hall–Kier alpha value is -1.92. The number of rotatable bonds is 7. The van der Waals surface area contributed by atoms with Gasteiger partial charge in [0.05, 0.1) is 24.2 Å². The van der Waals surface area contributed by atoms with E-state index in [1.165, 1.54) is 41.6 Å². The molecule has 37 heavy (non-hydrogen) atoms. The van der Waals surface area contributed by atoms with E-state index in [1.807, 2.05) is 0 Å². The summed E-state index contributed by atoms with van der Waals surface area (Å²) in [4.78, 5) is 2.81. The van der Waals surface area contributed by atoms with E-state index in [2.05, 4.69) is 54.3 Å². The molecular formula is C32H39NO4. The summed E-state index contributed by atoms with van der Waals surface area (Å²) in [5, 5.41) is 0. The summed E-state index contributed by atoms with van der Waals surface area (Å²) in [5.41, 5.74) is 5.03. The molecule has 3 aliphatic carbocycles. The largest absolute Gasteiger partial charge is 0.483 e. The van der Waals surface area contributed by atoms with Crippen molar-refractivity contribution in [2.45, 2.75) is 87.2 Å². The zero-order chi connectivity index (χ0) is 24.7. The van der Waals surface area contributed by atoms with Crippen molar-refractivity contribution in [3.63, 3.8) is 0 Å². The van der Waals surface area contributed by atoms with Crippen molar-refractivity contribution in [3.05, 3.63) is 64.7 Å². The van der Waals surface area contributed by atoms with E-state index >= 15 is 0 Å². The fraction of sp³-hybridized carbons (Fsp3) is 0.625. The molecule has 2 aromatic carbocycles. The molecule has 0 radical (unpaired) electrons. The quantitative estimate of drug-likeness (QED) is 0.502. The Morgan fingerprint density at radius 1 is 1.00 bits per heavy atom. The highest BCUT2D eigenvalue weighted by Crippen LogP contribution is 2.68. The molecule has 4 fully saturated rings. The number of benzene rings is 2. The predicted octanol–water partition coefficient (Wildman–Crippen LogP) is 4.96. The van der Waals surface area contributed by atoms with Crippen LogP contribution in [0.25, 0.3) is 0 Å². The number of aryl methyl sites for hydroxylation is 2. The van der Waals surface area contributed by atoms with Crippen molar-refractivity contribution in [1.82, 2.24) is 4.90 Å². The second kappa shape index (κ2) is 8.29.